The summed E-state index contributed by atoms with van der Waals surface area (Å²) in [5, 5.41) is 0. The lowest BCUT2D eigenvalue weighted by molar-refractivity contribution is 0.232. The van der Waals surface area contributed by atoms with Crippen LogP contribution < -0.4 is 0 Å². The average Bonchev–Trinajstić information content (AvgIpc) is 2.00. The van der Waals surface area contributed by atoms with Gasteiger partial charge in [-0.1, -0.05) is 5.57 Å². The van der Waals surface area contributed by atoms with E-state index >= 15 is 0 Å². The minimum absolute atomic E-state index is 0.207. The second kappa shape index (κ2) is 5.34. The Morgan fingerprint density at radius 3 is 2.27 bits per heavy atom. The molecule has 3 N–H and O–H groups in total. The molecule has 9 heteroatoms. The zero-order valence-electron chi connectivity index (χ0n) is 8.04. The van der Waals surface area contributed by atoms with E-state index in [2.05, 4.69) is 11.1 Å². The molecule has 2 atom stereocenters. The van der Waals surface area contributed by atoms with Gasteiger partial charge < -0.3 is 19.2 Å². The van der Waals surface area contributed by atoms with Crippen molar-refractivity contribution in [3.05, 3.63) is 12.2 Å². The minimum atomic E-state index is -5.27. The van der Waals surface area contributed by atoms with Gasteiger partial charge in [-0.15, -0.1) is 6.58 Å². The maximum absolute atomic E-state index is 12.8. The van der Waals surface area contributed by atoms with Gasteiger partial charge in [-0.3, -0.25) is 9.13 Å². The van der Waals surface area contributed by atoms with Crippen LogP contribution >= 0.6 is 15.2 Å². The largest absolute Gasteiger partial charge is 0.374 e. The van der Waals surface area contributed by atoms with Crippen molar-refractivity contribution >= 4 is 15.2 Å². The van der Waals surface area contributed by atoms with Crippen LogP contribution in [0.15, 0.2) is 12.2 Å². The predicted molar refractivity (Wildman–Crippen MR) is 52.1 cm³/mol. The summed E-state index contributed by atoms with van der Waals surface area (Å²) in [5.41, 5.74) is -2.56. The van der Waals surface area contributed by atoms with Gasteiger partial charge in [-0.25, -0.2) is 4.39 Å². The summed E-state index contributed by atoms with van der Waals surface area (Å²) in [6, 6.07) is 0. The molecule has 0 spiro atoms. The second-order valence-electron chi connectivity index (χ2n) is 3.00. The van der Waals surface area contributed by atoms with E-state index in [1.807, 2.05) is 0 Å². The number of halogens is 1. The molecule has 0 saturated carbocycles. The fraction of sp³-hybridized carbons (Fsp3) is 0.667. The average molecular weight is 262 g/mol. The standard InChI is InChI=1S/C6H13FO6P2/c1-5(2)3-4-13-15(11,12)6(7)14(8,9)10/h6H,1,3-4H2,2H3,(H,11,12)(H2,8,9,10). The van der Waals surface area contributed by atoms with Crippen LogP contribution in [-0.4, -0.2) is 26.9 Å². The molecular weight excluding hydrogens is 249 g/mol. The van der Waals surface area contributed by atoms with E-state index < -0.39 is 20.8 Å². The highest BCUT2D eigenvalue weighted by atomic mass is 31.2. The topological polar surface area (TPSA) is 104 Å². The molecule has 90 valence electrons. The lowest BCUT2D eigenvalue weighted by atomic mass is 10.3. The molecule has 0 aliphatic rings. The number of hydrogen-bond acceptors (Lipinski definition) is 3. The fourth-order valence-corrected chi connectivity index (χ4v) is 2.80. The highest BCUT2D eigenvalue weighted by Crippen LogP contribution is 2.63. The van der Waals surface area contributed by atoms with Crippen molar-refractivity contribution in [2.24, 2.45) is 0 Å². The molecule has 2 unspecified atom stereocenters. The Morgan fingerprint density at radius 1 is 1.47 bits per heavy atom. The van der Waals surface area contributed by atoms with E-state index in [0.29, 0.717) is 5.57 Å². The molecule has 15 heavy (non-hydrogen) atoms. The van der Waals surface area contributed by atoms with Gasteiger partial charge >= 0.3 is 15.2 Å². The molecular formula is C6H13FO6P2. The highest BCUT2D eigenvalue weighted by molar-refractivity contribution is 7.70. The molecule has 0 rings (SSSR count). The zero-order chi connectivity index (χ0) is 12.3. The van der Waals surface area contributed by atoms with E-state index in [0.717, 1.165) is 0 Å². The molecule has 0 aromatic carbocycles. The molecule has 0 aromatic rings. The van der Waals surface area contributed by atoms with Gasteiger partial charge in [0.05, 0.1) is 6.61 Å². The highest BCUT2D eigenvalue weighted by Gasteiger charge is 2.46. The number of rotatable bonds is 6. The minimum Gasteiger partial charge on any atom is -0.322 e. The van der Waals surface area contributed by atoms with Crippen molar-refractivity contribution in [3.63, 3.8) is 0 Å². The first-order chi connectivity index (χ1) is 6.57. The van der Waals surface area contributed by atoms with Gasteiger partial charge in [0.1, 0.15) is 0 Å². The van der Waals surface area contributed by atoms with Gasteiger partial charge in [0, 0.05) is 0 Å². The van der Waals surface area contributed by atoms with Gasteiger partial charge in [0.25, 0.3) is 5.65 Å². The Morgan fingerprint density at radius 2 is 1.93 bits per heavy atom. The third-order valence-electron chi connectivity index (χ3n) is 1.35. The first kappa shape index (κ1) is 15.0. The van der Waals surface area contributed by atoms with Gasteiger partial charge in [-0.2, -0.15) is 0 Å². The van der Waals surface area contributed by atoms with Crippen molar-refractivity contribution in [2.45, 2.75) is 19.0 Å². The lowest BCUT2D eigenvalue weighted by Gasteiger charge is -2.16. The molecule has 0 heterocycles. The van der Waals surface area contributed by atoms with Gasteiger partial charge in [0.2, 0.25) is 0 Å². The molecule has 6 nitrogen and oxygen atoms in total. The Kier molecular flexibility index (Phi) is 5.33. The predicted octanol–water partition coefficient (Wildman–Crippen LogP) is 1.59. The summed E-state index contributed by atoms with van der Waals surface area (Å²) in [5.74, 6) is 0. The van der Waals surface area contributed by atoms with Crippen molar-refractivity contribution in [3.8, 4) is 0 Å². The van der Waals surface area contributed by atoms with Crippen molar-refractivity contribution in [1.29, 1.82) is 0 Å². The summed E-state index contributed by atoms with van der Waals surface area (Å²) < 4.78 is 38.3. The summed E-state index contributed by atoms with van der Waals surface area (Å²) in [7, 11) is -10.2. The fourth-order valence-electron chi connectivity index (χ4n) is 0.602. The van der Waals surface area contributed by atoms with E-state index in [-0.39, 0.29) is 13.0 Å². The van der Waals surface area contributed by atoms with Crippen LogP contribution in [0.5, 0.6) is 0 Å². The van der Waals surface area contributed by atoms with Crippen LogP contribution in [0.4, 0.5) is 4.39 Å². The molecule has 0 amide bonds. The molecule has 0 fully saturated rings. The van der Waals surface area contributed by atoms with E-state index in [9.17, 15) is 13.5 Å². The third kappa shape index (κ3) is 5.56. The van der Waals surface area contributed by atoms with Crippen LogP contribution in [0.1, 0.15) is 13.3 Å². The monoisotopic (exact) mass is 262 g/mol. The van der Waals surface area contributed by atoms with Crippen molar-refractivity contribution < 1.29 is 32.7 Å². The van der Waals surface area contributed by atoms with Crippen molar-refractivity contribution in [2.75, 3.05) is 6.61 Å². The quantitative estimate of drug-likeness (QED) is 0.496. The first-order valence-electron chi connectivity index (χ1n) is 3.88. The third-order valence-corrected chi connectivity index (χ3v) is 4.78. The van der Waals surface area contributed by atoms with Gasteiger partial charge in [-0.05, 0) is 13.3 Å². The maximum Gasteiger partial charge on any atom is 0.374 e. The Labute approximate surface area is 86.5 Å². The van der Waals surface area contributed by atoms with E-state index in [4.69, 9.17) is 14.7 Å². The summed E-state index contributed by atoms with van der Waals surface area (Å²) in [4.78, 5) is 25.5. The van der Waals surface area contributed by atoms with E-state index in [1.165, 1.54) is 0 Å². The van der Waals surface area contributed by atoms with Crippen molar-refractivity contribution in [1.82, 2.24) is 0 Å². The number of hydrogen-bond donors (Lipinski definition) is 3. The molecule has 0 aliphatic carbocycles. The zero-order valence-corrected chi connectivity index (χ0v) is 9.83. The van der Waals surface area contributed by atoms with Gasteiger partial charge in [0.15, 0.2) is 0 Å². The van der Waals surface area contributed by atoms with E-state index in [1.54, 1.807) is 6.92 Å². The summed E-state index contributed by atoms with van der Waals surface area (Å²) in [6.45, 7) is 4.78. The second-order valence-corrected chi connectivity index (χ2v) is 6.88. The van der Waals surface area contributed by atoms with Crippen LogP contribution in [0.2, 0.25) is 0 Å². The number of alkyl halides is 1. The summed E-state index contributed by atoms with van der Waals surface area (Å²) in [6.07, 6.45) is 0.207. The lowest BCUT2D eigenvalue weighted by Crippen LogP contribution is -2.06. The molecule has 0 bridgehead atoms. The Hall–Kier alpha value is -0.0300. The Balaban J connectivity index is 4.37. The molecule has 0 aromatic heterocycles. The molecule has 0 saturated heterocycles. The van der Waals surface area contributed by atoms with Crippen LogP contribution in [0.3, 0.4) is 0 Å². The van der Waals surface area contributed by atoms with Crippen LogP contribution in [0.25, 0.3) is 0 Å². The molecule has 0 radical (unpaired) electrons. The smallest absolute Gasteiger partial charge is 0.322 e. The first-order valence-corrected chi connectivity index (χ1v) is 7.21. The summed E-state index contributed by atoms with van der Waals surface area (Å²) >= 11 is 0. The van der Waals surface area contributed by atoms with Crippen LogP contribution in [0, 0.1) is 0 Å². The maximum atomic E-state index is 12.8. The Bertz CT molecular complexity index is 324. The SMILES string of the molecule is C=C(C)CCOP(=O)(O)C(F)P(=O)(O)O. The van der Waals surface area contributed by atoms with Crippen LogP contribution in [-0.2, 0) is 13.7 Å². The molecule has 0 aliphatic heterocycles. The normalized spacial score (nSPS) is 18.2.